The second-order valence-corrected chi connectivity index (χ2v) is 7.48. The molecule has 3 aromatic carbocycles. The van der Waals surface area contributed by atoms with Crippen molar-refractivity contribution in [1.29, 1.82) is 0 Å². The summed E-state index contributed by atoms with van der Waals surface area (Å²) < 4.78 is 11.7. The number of hydrogen-bond acceptors (Lipinski definition) is 4. The van der Waals surface area contributed by atoms with Crippen molar-refractivity contribution in [1.82, 2.24) is 5.01 Å². The van der Waals surface area contributed by atoms with Crippen molar-refractivity contribution < 1.29 is 9.47 Å². The number of aryl methyl sites for hydroxylation is 1. The Labute approximate surface area is 171 Å². The molecule has 0 amide bonds. The monoisotopic (exact) mass is 384 g/mol. The molecule has 0 N–H and O–H groups in total. The van der Waals surface area contributed by atoms with Gasteiger partial charge in [-0.3, -0.25) is 0 Å². The van der Waals surface area contributed by atoms with E-state index in [1.165, 1.54) is 11.1 Å². The first-order valence-corrected chi connectivity index (χ1v) is 10.1. The van der Waals surface area contributed by atoms with Crippen molar-refractivity contribution in [3.05, 3.63) is 95.1 Å². The number of fused-ring (bicyclic) bond motifs is 3. The Morgan fingerprint density at radius 2 is 1.76 bits per heavy atom. The molecular weight excluding hydrogens is 360 g/mol. The van der Waals surface area contributed by atoms with Crippen molar-refractivity contribution >= 4 is 5.71 Å². The summed E-state index contributed by atoms with van der Waals surface area (Å²) in [5, 5.41) is 7.15. The molecule has 0 unspecified atom stereocenters. The highest BCUT2D eigenvalue weighted by Gasteiger charge is 2.40. The topological polar surface area (TPSA) is 34.1 Å². The fraction of sp³-hybridized carbons (Fsp3) is 0.240. The summed E-state index contributed by atoms with van der Waals surface area (Å²) in [7, 11) is 1.69. The maximum atomic E-state index is 6.42. The number of para-hydroxylation sites is 1. The average Bonchev–Trinajstić information content (AvgIpc) is 3.24. The van der Waals surface area contributed by atoms with Crippen LogP contribution in [0.5, 0.6) is 11.5 Å². The van der Waals surface area contributed by atoms with Gasteiger partial charge in [-0.25, -0.2) is 5.01 Å². The summed E-state index contributed by atoms with van der Waals surface area (Å²) in [6.07, 6.45) is 1.66. The van der Waals surface area contributed by atoms with Gasteiger partial charge in [0, 0.05) is 17.5 Å². The van der Waals surface area contributed by atoms with Gasteiger partial charge in [0.25, 0.3) is 0 Å². The van der Waals surface area contributed by atoms with Crippen LogP contribution in [0.25, 0.3) is 0 Å². The molecule has 0 radical (unpaired) electrons. The van der Waals surface area contributed by atoms with E-state index in [0.29, 0.717) is 0 Å². The van der Waals surface area contributed by atoms with E-state index < -0.39 is 0 Å². The van der Waals surface area contributed by atoms with Gasteiger partial charge < -0.3 is 9.47 Å². The fourth-order valence-electron chi connectivity index (χ4n) is 4.13. The lowest BCUT2D eigenvalue weighted by Gasteiger charge is -2.38. The first-order chi connectivity index (χ1) is 14.3. The van der Waals surface area contributed by atoms with Gasteiger partial charge in [0.05, 0.1) is 18.9 Å². The van der Waals surface area contributed by atoms with Crippen LogP contribution in [-0.4, -0.2) is 17.8 Å². The maximum Gasteiger partial charge on any atom is 0.213 e. The van der Waals surface area contributed by atoms with Crippen LogP contribution in [0.2, 0.25) is 0 Å². The molecular formula is C25H24N2O2. The third-order valence-corrected chi connectivity index (χ3v) is 5.80. The summed E-state index contributed by atoms with van der Waals surface area (Å²) >= 11 is 0. The standard InChI is InChI=1S/C25H24N2O2/c1-3-17-8-10-19(11-9-17)25-27-23(21-6-4-5-7-24(21)29-25)16-22(26-27)18-12-14-20(28-2)15-13-18/h4-15,23,25H,3,16H2,1-2H3/t23-,25+/m0/s1. The molecule has 4 nitrogen and oxygen atoms in total. The van der Waals surface area contributed by atoms with Gasteiger partial charge in [-0.05, 0) is 47.9 Å². The van der Waals surface area contributed by atoms with E-state index in [2.05, 4.69) is 66.5 Å². The molecule has 0 spiro atoms. The molecule has 2 aliphatic rings. The highest BCUT2D eigenvalue weighted by molar-refractivity contribution is 6.02. The molecule has 0 saturated carbocycles. The molecule has 0 aliphatic carbocycles. The highest BCUT2D eigenvalue weighted by atomic mass is 16.5. The molecule has 3 aromatic rings. The van der Waals surface area contributed by atoms with Crippen LogP contribution < -0.4 is 9.47 Å². The van der Waals surface area contributed by atoms with E-state index in [4.69, 9.17) is 14.6 Å². The van der Waals surface area contributed by atoms with E-state index in [0.717, 1.165) is 41.2 Å². The predicted octanol–water partition coefficient (Wildman–Crippen LogP) is 5.50. The number of hydrogen-bond donors (Lipinski definition) is 0. The molecule has 0 saturated heterocycles. The second-order valence-electron chi connectivity index (χ2n) is 7.48. The molecule has 2 aliphatic heterocycles. The van der Waals surface area contributed by atoms with Gasteiger partial charge in [0.2, 0.25) is 6.23 Å². The number of nitrogens with zero attached hydrogens (tertiary/aromatic N) is 2. The number of ether oxygens (including phenoxy) is 2. The van der Waals surface area contributed by atoms with Gasteiger partial charge in [0.15, 0.2) is 0 Å². The van der Waals surface area contributed by atoms with Crippen LogP contribution in [0.3, 0.4) is 0 Å². The lowest BCUT2D eigenvalue weighted by molar-refractivity contribution is -0.0190. The predicted molar refractivity (Wildman–Crippen MR) is 114 cm³/mol. The minimum absolute atomic E-state index is 0.174. The van der Waals surface area contributed by atoms with Gasteiger partial charge in [0.1, 0.15) is 11.5 Å². The molecule has 146 valence electrons. The molecule has 0 fully saturated rings. The zero-order chi connectivity index (χ0) is 19.8. The van der Waals surface area contributed by atoms with Crippen molar-refractivity contribution in [2.24, 2.45) is 5.10 Å². The van der Waals surface area contributed by atoms with Crippen LogP contribution in [0, 0.1) is 0 Å². The van der Waals surface area contributed by atoms with Gasteiger partial charge in [-0.15, -0.1) is 0 Å². The lowest BCUT2D eigenvalue weighted by atomic mass is 9.96. The minimum Gasteiger partial charge on any atom is -0.497 e. The third-order valence-electron chi connectivity index (χ3n) is 5.80. The van der Waals surface area contributed by atoms with Crippen molar-refractivity contribution in [2.75, 3.05) is 7.11 Å². The van der Waals surface area contributed by atoms with E-state index in [1.807, 2.05) is 18.2 Å². The first kappa shape index (κ1) is 17.8. The zero-order valence-corrected chi connectivity index (χ0v) is 16.7. The molecule has 2 atom stereocenters. The Kier molecular flexibility index (Phi) is 4.47. The molecule has 0 aromatic heterocycles. The molecule has 5 rings (SSSR count). The van der Waals surface area contributed by atoms with Gasteiger partial charge in [-0.2, -0.15) is 5.10 Å². The van der Waals surface area contributed by atoms with Crippen molar-refractivity contribution in [3.8, 4) is 11.5 Å². The summed E-state index contributed by atoms with van der Waals surface area (Å²) in [5.74, 6) is 1.80. The summed E-state index contributed by atoms with van der Waals surface area (Å²) in [4.78, 5) is 0. The van der Waals surface area contributed by atoms with Crippen LogP contribution in [0.15, 0.2) is 77.9 Å². The smallest absolute Gasteiger partial charge is 0.213 e. The average molecular weight is 384 g/mol. The van der Waals surface area contributed by atoms with Crippen molar-refractivity contribution in [2.45, 2.75) is 32.0 Å². The highest BCUT2D eigenvalue weighted by Crippen LogP contribution is 2.47. The second kappa shape index (κ2) is 7.28. The summed E-state index contributed by atoms with van der Waals surface area (Å²) in [6.45, 7) is 2.17. The first-order valence-electron chi connectivity index (χ1n) is 10.1. The minimum atomic E-state index is -0.225. The number of rotatable bonds is 4. The van der Waals surface area contributed by atoms with Crippen molar-refractivity contribution in [3.63, 3.8) is 0 Å². The quantitative estimate of drug-likeness (QED) is 0.596. The fourth-order valence-corrected chi connectivity index (χ4v) is 4.13. The molecule has 0 bridgehead atoms. The third kappa shape index (κ3) is 3.15. The summed E-state index contributed by atoms with van der Waals surface area (Å²) in [5.41, 5.74) is 5.85. The Bertz CT molecular complexity index is 1040. The normalized spacial score (nSPS) is 19.8. The van der Waals surface area contributed by atoms with E-state index in [1.54, 1.807) is 7.11 Å². The lowest BCUT2D eigenvalue weighted by Crippen LogP contribution is -2.33. The van der Waals surface area contributed by atoms with Crippen LogP contribution in [0.4, 0.5) is 0 Å². The van der Waals surface area contributed by atoms with Crippen LogP contribution in [-0.2, 0) is 6.42 Å². The van der Waals surface area contributed by atoms with Crippen LogP contribution >= 0.6 is 0 Å². The molecule has 29 heavy (non-hydrogen) atoms. The Morgan fingerprint density at radius 1 is 1.00 bits per heavy atom. The van der Waals surface area contributed by atoms with E-state index in [-0.39, 0.29) is 12.3 Å². The van der Waals surface area contributed by atoms with E-state index in [9.17, 15) is 0 Å². The molecule has 2 heterocycles. The number of methoxy groups -OCH3 is 1. The van der Waals surface area contributed by atoms with Gasteiger partial charge >= 0.3 is 0 Å². The maximum absolute atomic E-state index is 6.42. The van der Waals surface area contributed by atoms with E-state index >= 15 is 0 Å². The Morgan fingerprint density at radius 3 is 2.48 bits per heavy atom. The zero-order valence-electron chi connectivity index (χ0n) is 16.7. The summed E-state index contributed by atoms with van der Waals surface area (Å²) in [6, 6.07) is 25.3. The number of hydrazone groups is 1. The van der Waals surface area contributed by atoms with Gasteiger partial charge in [-0.1, -0.05) is 49.4 Å². The number of benzene rings is 3. The Hall–Kier alpha value is -3.27. The largest absolute Gasteiger partial charge is 0.497 e. The van der Waals surface area contributed by atoms with Crippen LogP contribution in [0.1, 0.15) is 47.9 Å². The molecule has 4 heteroatoms. The SMILES string of the molecule is CCc1ccc([C@H]2Oc3ccccc3[C@@H]3CC(c4ccc(OC)cc4)=NN23)cc1. The Balaban J connectivity index is 1.54.